The maximum atomic E-state index is 12.4. The van der Waals surface area contributed by atoms with Crippen LogP contribution in [0.3, 0.4) is 0 Å². The van der Waals surface area contributed by atoms with Crippen molar-refractivity contribution in [1.82, 2.24) is 4.90 Å². The summed E-state index contributed by atoms with van der Waals surface area (Å²) in [5.41, 5.74) is 4.17. The lowest BCUT2D eigenvalue weighted by atomic mass is 9.80. The Bertz CT molecular complexity index is 730. The molecule has 1 saturated heterocycles. The third-order valence-electron chi connectivity index (χ3n) is 5.47. The van der Waals surface area contributed by atoms with Gasteiger partial charge in [-0.25, -0.2) is 0 Å². The molecule has 2 aromatic rings. The molecule has 26 heavy (non-hydrogen) atoms. The van der Waals surface area contributed by atoms with E-state index in [1.807, 2.05) is 24.3 Å². The van der Waals surface area contributed by atoms with Gasteiger partial charge in [0.2, 0.25) is 0 Å². The van der Waals surface area contributed by atoms with Crippen LogP contribution in [0.25, 0.3) is 0 Å². The summed E-state index contributed by atoms with van der Waals surface area (Å²) in [4.78, 5) is 14.8. The Morgan fingerprint density at radius 2 is 1.69 bits per heavy atom. The molecule has 0 unspecified atom stereocenters. The minimum Gasteiger partial charge on any atom is -0.379 e. The minimum absolute atomic E-state index is 0.0499. The van der Waals surface area contributed by atoms with Crippen LogP contribution in [0, 0.1) is 0 Å². The molecule has 1 N–H and O–H groups in total. The molecule has 1 amide bonds. The molecule has 4 nitrogen and oxygen atoms in total. The van der Waals surface area contributed by atoms with E-state index in [-0.39, 0.29) is 5.91 Å². The molecule has 1 aliphatic carbocycles. The van der Waals surface area contributed by atoms with E-state index in [1.54, 1.807) is 0 Å². The van der Waals surface area contributed by atoms with Crippen LogP contribution in [0.4, 0.5) is 5.69 Å². The fourth-order valence-corrected chi connectivity index (χ4v) is 3.56. The van der Waals surface area contributed by atoms with Crippen LogP contribution in [-0.2, 0) is 11.3 Å². The van der Waals surface area contributed by atoms with E-state index >= 15 is 0 Å². The summed E-state index contributed by atoms with van der Waals surface area (Å²) in [7, 11) is 0. The summed E-state index contributed by atoms with van der Waals surface area (Å²) in [6.45, 7) is 4.52. The predicted octanol–water partition coefficient (Wildman–Crippen LogP) is 4.04. The van der Waals surface area contributed by atoms with E-state index in [0.29, 0.717) is 11.5 Å². The summed E-state index contributed by atoms with van der Waals surface area (Å²) in [5.74, 6) is 0.650. The number of morpholine rings is 1. The van der Waals surface area contributed by atoms with Gasteiger partial charge in [0, 0.05) is 30.9 Å². The largest absolute Gasteiger partial charge is 0.379 e. The quantitative estimate of drug-likeness (QED) is 0.885. The lowest BCUT2D eigenvalue weighted by Gasteiger charge is -2.26. The second-order valence-corrected chi connectivity index (χ2v) is 7.29. The fourth-order valence-electron chi connectivity index (χ4n) is 3.56. The number of nitrogens with zero attached hydrogens (tertiary/aromatic N) is 1. The molecule has 1 aliphatic heterocycles. The molecule has 136 valence electrons. The van der Waals surface area contributed by atoms with Gasteiger partial charge in [0.15, 0.2) is 0 Å². The smallest absolute Gasteiger partial charge is 0.255 e. The number of carbonyl (C=O) groups is 1. The first-order valence-corrected chi connectivity index (χ1v) is 9.58. The van der Waals surface area contributed by atoms with E-state index in [4.69, 9.17) is 4.74 Å². The van der Waals surface area contributed by atoms with E-state index in [0.717, 1.165) is 38.5 Å². The number of nitrogens with one attached hydrogen (secondary N) is 1. The first-order chi connectivity index (χ1) is 12.8. The molecule has 1 heterocycles. The van der Waals surface area contributed by atoms with Crippen molar-refractivity contribution in [3.05, 3.63) is 65.2 Å². The topological polar surface area (TPSA) is 41.6 Å². The van der Waals surface area contributed by atoms with Crippen molar-refractivity contribution in [3.8, 4) is 0 Å². The van der Waals surface area contributed by atoms with Gasteiger partial charge in [-0.15, -0.1) is 0 Å². The van der Waals surface area contributed by atoms with Crippen molar-refractivity contribution in [3.63, 3.8) is 0 Å². The van der Waals surface area contributed by atoms with Crippen molar-refractivity contribution < 1.29 is 9.53 Å². The molecule has 4 heteroatoms. The van der Waals surface area contributed by atoms with Gasteiger partial charge >= 0.3 is 0 Å². The average Bonchev–Trinajstić information content (AvgIpc) is 2.63. The number of hydrogen-bond acceptors (Lipinski definition) is 3. The summed E-state index contributed by atoms with van der Waals surface area (Å²) in [6.07, 6.45) is 3.89. The van der Waals surface area contributed by atoms with Crippen LogP contribution < -0.4 is 5.32 Å². The average molecular weight is 350 g/mol. The van der Waals surface area contributed by atoms with Crippen molar-refractivity contribution in [1.29, 1.82) is 0 Å². The highest BCUT2D eigenvalue weighted by molar-refractivity contribution is 6.04. The van der Waals surface area contributed by atoms with Gasteiger partial charge < -0.3 is 10.1 Å². The Morgan fingerprint density at radius 3 is 2.31 bits per heavy atom. The lowest BCUT2D eigenvalue weighted by molar-refractivity contribution is 0.0342. The van der Waals surface area contributed by atoms with Gasteiger partial charge in [-0.1, -0.05) is 30.7 Å². The van der Waals surface area contributed by atoms with Crippen molar-refractivity contribution >= 4 is 11.6 Å². The van der Waals surface area contributed by atoms with Gasteiger partial charge in [0.25, 0.3) is 5.91 Å². The number of anilines is 1. The van der Waals surface area contributed by atoms with E-state index < -0.39 is 0 Å². The maximum Gasteiger partial charge on any atom is 0.255 e. The van der Waals surface area contributed by atoms with Crippen LogP contribution in [0.5, 0.6) is 0 Å². The molecule has 0 radical (unpaired) electrons. The molecule has 4 rings (SSSR count). The third kappa shape index (κ3) is 4.14. The summed E-state index contributed by atoms with van der Waals surface area (Å²) in [5, 5.41) is 2.99. The van der Waals surface area contributed by atoms with Gasteiger partial charge in [-0.3, -0.25) is 9.69 Å². The number of rotatable bonds is 5. The van der Waals surface area contributed by atoms with Crippen LogP contribution in [0.1, 0.15) is 46.7 Å². The zero-order valence-electron chi connectivity index (χ0n) is 15.1. The van der Waals surface area contributed by atoms with Crippen molar-refractivity contribution in [2.75, 3.05) is 31.6 Å². The molecule has 0 aromatic heterocycles. The van der Waals surface area contributed by atoms with E-state index in [9.17, 15) is 4.79 Å². The van der Waals surface area contributed by atoms with Gasteiger partial charge in [-0.2, -0.15) is 0 Å². The Labute approximate surface area is 155 Å². The highest BCUT2D eigenvalue weighted by Crippen LogP contribution is 2.36. The standard InChI is InChI=1S/C22H26N2O2/c25-22(20-8-6-19(7-9-20)18-2-1-3-18)23-21-10-4-17(5-11-21)16-24-12-14-26-15-13-24/h4-11,18H,1-3,12-16H2,(H,23,25). The van der Waals surface area contributed by atoms with Gasteiger partial charge in [0.1, 0.15) is 0 Å². The molecule has 2 aliphatic rings. The fraction of sp³-hybridized carbons (Fsp3) is 0.409. The summed E-state index contributed by atoms with van der Waals surface area (Å²) in [6, 6.07) is 16.2. The van der Waals surface area contributed by atoms with Crippen LogP contribution in [0.2, 0.25) is 0 Å². The first kappa shape index (κ1) is 17.3. The second kappa shape index (κ2) is 8.02. The van der Waals surface area contributed by atoms with E-state index in [1.165, 1.54) is 30.4 Å². The number of benzene rings is 2. The summed E-state index contributed by atoms with van der Waals surface area (Å²) < 4.78 is 5.38. The van der Waals surface area contributed by atoms with Gasteiger partial charge in [0.05, 0.1) is 13.2 Å². The molecule has 0 bridgehead atoms. The molecular formula is C22H26N2O2. The SMILES string of the molecule is O=C(Nc1ccc(CN2CCOCC2)cc1)c1ccc(C2CCC2)cc1. The van der Waals surface area contributed by atoms with E-state index in [2.05, 4.69) is 34.5 Å². The zero-order valence-corrected chi connectivity index (χ0v) is 15.1. The van der Waals surface area contributed by atoms with Crippen molar-refractivity contribution in [2.45, 2.75) is 31.7 Å². The molecule has 2 fully saturated rings. The Kier molecular flexibility index (Phi) is 5.32. The minimum atomic E-state index is -0.0499. The lowest BCUT2D eigenvalue weighted by Crippen LogP contribution is -2.35. The Balaban J connectivity index is 1.33. The maximum absolute atomic E-state index is 12.4. The monoisotopic (exact) mass is 350 g/mol. The Morgan fingerprint density at radius 1 is 1.00 bits per heavy atom. The number of ether oxygens (including phenoxy) is 1. The zero-order chi connectivity index (χ0) is 17.8. The van der Waals surface area contributed by atoms with Crippen LogP contribution in [0.15, 0.2) is 48.5 Å². The van der Waals surface area contributed by atoms with Crippen LogP contribution in [-0.4, -0.2) is 37.1 Å². The first-order valence-electron chi connectivity index (χ1n) is 9.58. The third-order valence-corrected chi connectivity index (χ3v) is 5.47. The number of carbonyl (C=O) groups excluding carboxylic acids is 1. The predicted molar refractivity (Wildman–Crippen MR) is 104 cm³/mol. The number of hydrogen-bond donors (Lipinski definition) is 1. The highest BCUT2D eigenvalue weighted by atomic mass is 16.5. The molecule has 2 aromatic carbocycles. The molecule has 0 atom stereocenters. The summed E-state index contributed by atoms with van der Waals surface area (Å²) >= 11 is 0. The van der Waals surface area contributed by atoms with Crippen molar-refractivity contribution in [2.24, 2.45) is 0 Å². The molecular weight excluding hydrogens is 324 g/mol. The van der Waals surface area contributed by atoms with Crippen LogP contribution >= 0.6 is 0 Å². The van der Waals surface area contributed by atoms with Gasteiger partial charge in [-0.05, 0) is 54.2 Å². The highest BCUT2D eigenvalue weighted by Gasteiger charge is 2.19. The number of amides is 1. The second-order valence-electron chi connectivity index (χ2n) is 7.29. The normalized spacial score (nSPS) is 18.3. The Hall–Kier alpha value is -2.17. The molecule has 0 spiro atoms. The molecule has 1 saturated carbocycles.